The zero-order valence-electron chi connectivity index (χ0n) is 17.1. The van der Waals surface area contributed by atoms with E-state index in [-0.39, 0.29) is 30.5 Å². The van der Waals surface area contributed by atoms with Crippen LogP contribution >= 0.6 is 24.0 Å². The van der Waals surface area contributed by atoms with Crippen LogP contribution < -0.4 is 10.6 Å². The molecule has 0 saturated carbocycles. The number of aryl methyl sites for hydroxylation is 2. The van der Waals surface area contributed by atoms with E-state index in [1.165, 1.54) is 0 Å². The van der Waals surface area contributed by atoms with E-state index in [9.17, 15) is 5.11 Å². The lowest BCUT2D eigenvalue weighted by Gasteiger charge is -2.21. The minimum Gasteiger partial charge on any atom is -0.467 e. The Balaban J connectivity index is 0.00000392. The molecule has 2 heterocycles. The molecule has 0 aromatic carbocycles. The van der Waals surface area contributed by atoms with Crippen LogP contribution in [0.3, 0.4) is 0 Å². The van der Waals surface area contributed by atoms with Crippen molar-refractivity contribution in [3.05, 3.63) is 47.3 Å². The smallest absolute Gasteiger partial charge is 0.191 e. The first-order chi connectivity index (χ1) is 12.9. The lowest BCUT2D eigenvalue weighted by atomic mass is 9.96. The molecule has 2 rings (SSSR count). The summed E-state index contributed by atoms with van der Waals surface area (Å²) in [7, 11) is 0. The highest BCUT2D eigenvalue weighted by molar-refractivity contribution is 14.0. The number of aliphatic imine (C=N–C) groups is 1. The molecule has 0 spiro atoms. The van der Waals surface area contributed by atoms with Gasteiger partial charge in [0, 0.05) is 25.3 Å². The van der Waals surface area contributed by atoms with Gasteiger partial charge in [0.15, 0.2) is 5.96 Å². The molecule has 0 bridgehead atoms. The molecule has 158 valence electrons. The van der Waals surface area contributed by atoms with Gasteiger partial charge in [0.1, 0.15) is 29.5 Å². The van der Waals surface area contributed by atoms with Gasteiger partial charge in [-0.3, -0.25) is 0 Å². The summed E-state index contributed by atoms with van der Waals surface area (Å²) in [5.74, 6) is 3.00. The lowest BCUT2D eigenvalue weighted by Crippen LogP contribution is -2.39. The molecule has 0 aliphatic rings. The third-order valence-corrected chi connectivity index (χ3v) is 4.09. The Morgan fingerprint density at radius 2 is 2.11 bits per heavy atom. The quantitative estimate of drug-likeness (QED) is 0.198. The number of halogens is 1. The van der Waals surface area contributed by atoms with E-state index in [0.29, 0.717) is 19.2 Å². The van der Waals surface area contributed by atoms with Gasteiger partial charge < -0.3 is 29.3 Å². The number of nitrogens with zero attached hydrogens (tertiary/aromatic N) is 1. The van der Waals surface area contributed by atoms with Crippen molar-refractivity contribution in [2.45, 2.75) is 46.3 Å². The van der Waals surface area contributed by atoms with Gasteiger partial charge in [0.05, 0.1) is 12.8 Å². The topological polar surface area (TPSA) is 92.2 Å². The van der Waals surface area contributed by atoms with Crippen LogP contribution in [-0.4, -0.2) is 37.3 Å². The standard InChI is InChI=1S/C20H31N3O4.HI/c1-5-21-19(22-9-7-10-25-13-17-8-6-11-26-17)23-14-20(4,24)18-12-15(2)27-16(18)3;/h6,8,11-12,24H,5,7,9-10,13-14H2,1-4H3,(H2,21,22,23);1H. The number of guanidine groups is 1. The summed E-state index contributed by atoms with van der Waals surface area (Å²) in [6.45, 7) is 10.3. The van der Waals surface area contributed by atoms with Crippen LogP contribution in [0.25, 0.3) is 0 Å². The van der Waals surface area contributed by atoms with Crippen molar-refractivity contribution in [1.29, 1.82) is 0 Å². The molecule has 0 radical (unpaired) electrons. The fourth-order valence-electron chi connectivity index (χ4n) is 2.77. The number of furan rings is 2. The second kappa shape index (κ2) is 12.1. The van der Waals surface area contributed by atoms with Gasteiger partial charge in [-0.05, 0) is 52.3 Å². The molecular weight excluding hydrogens is 473 g/mol. The first-order valence-electron chi connectivity index (χ1n) is 9.34. The van der Waals surface area contributed by atoms with E-state index in [4.69, 9.17) is 13.6 Å². The summed E-state index contributed by atoms with van der Waals surface area (Å²) in [6.07, 6.45) is 2.47. The molecule has 1 atom stereocenters. The van der Waals surface area contributed by atoms with Crippen molar-refractivity contribution >= 4 is 29.9 Å². The Morgan fingerprint density at radius 1 is 1.32 bits per heavy atom. The van der Waals surface area contributed by atoms with Crippen molar-refractivity contribution in [1.82, 2.24) is 10.6 Å². The van der Waals surface area contributed by atoms with Gasteiger partial charge in [-0.25, -0.2) is 4.99 Å². The Kier molecular flexibility index (Phi) is 10.6. The van der Waals surface area contributed by atoms with Crippen molar-refractivity contribution in [2.24, 2.45) is 4.99 Å². The number of hydrogen-bond donors (Lipinski definition) is 3. The zero-order valence-corrected chi connectivity index (χ0v) is 19.4. The van der Waals surface area contributed by atoms with Crippen molar-refractivity contribution in [3.63, 3.8) is 0 Å². The summed E-state index contributed by atoms with van der Waals surface area (Å²) in [6, 6.07) is 5.60. The highest BCUT2D eigenvalue weighted by atomic mass is 127. The van der Waals surface area contributed by atoms with E-state index in [1.54, 1.807) is 13.2 Å². The Hall–Kier alpha value is -1.52. The first kappa shape index (κ1) is 24.5. The van der Waals surface area contributed by atoms with Gasteiger partial charge in [0.25, 0.3) is 0 Å². The van der Waals surface area contributed by atoms with Crippen molar-refractivity contribution in [2.75, 3.05) is 26.2 Å². The minimum atomic E-state index is -1.09. The van der Waals surface area contributed by atoms with E-state index in [1.807, 2.05) is 39.0 Å². The summed E-state index contributed by atoms with van der Waals surface area (Å²) < 4.78 is 16.3. The molecule has 8 heteroatoms. The van der Waals surface area contributed by atoms with Gasteiger partial charge in [-0.1, -0.05) is 0 Å². The highest BCUT2D eigenvalue weighted by Gasteiger charge is 2.27. The fraction of sp³-hybridized carbons (Fsp3) is 0.550. The molecular formula is C20H32IN3O4. The number of nitrogens with one attached hydrogen (secondary N) is 2. The maximum absolute atomic E-state index is 10.8. The third-order valence-electron chi connectivity index (χ3n) is 4.09. The fourth-order valence-corrected chi connectivity index (χ4v) is 2.77. The van der Waals surface area contributed by atoms with Crippen molar-refractivity contribution < 1.29 is 18.7 Å². The molecule has 28 heavy (non-hydrogen) atoms. The molecule has 1 unspecified atom stereocenters. The average Bonchev–Trinajstić information content (AvgIpc) is 3.25. The summed E-state index contributed by atoms with van der Waals surface area (Å²) >= 11 is 0. The van der Waals surface area contributed by atoms with Gasteiger partial charge in [0.2, 0.25) is 0 Å². The minimum absolute atomic E-state index is 0. The largest absolute Gasteiger partial charge is 0.467 e. The lowest BCUT2D eigenvalue weighted by molar-refractivity contribution is 0.0656. The average molecular weight is 505 g/mol. The van der Waals surface area contributed by atoms with Crippen LogP contribution in [0, 0.1) is 13.8 Å². The van der Waals surface area contributed by atoms with E-state index in [0.717, 1.165) is 42.4 Å². The third kappa shape index (κ3) is 7.84. The van der Waals surface area contributed by atoms with Gasteiger partial charge >= 0.3 is 0 Å². The van der Waals surface area contributed by atoms with Crippen LogP contribution in [0.15, 0.2) is 38.3 Å². The van der Waals surface area contributed by atoms with E-state index >= 15 is 0 Å². The highest BCUT2D eigenvalue weighted by Crippen LogP contribution is 2.27. The summed E-state index contributed by atoms with van der Waals surface area (Å²) in [5.41, 5.74) is -0.318. The molecule has 0 saturated heterocycles. The zero-order chi connectivity index (χ0) is 19.7. The second-order valence-electron chi connectivity index (χ2n) is 6.71. The summed E-state index contributed by atoms with van der Waals surface area (Å²) in [4.78, 5) is 4.52. The molecule has 7 nitrogen and oxygen atoms in total. The molecule has 2 aromatic heterocycles. The molecule has 0 aliphatic heterocycles. The van der Waals surface area contributed by atoms with Crippen LogP contribution in [0.2, 0.25) is 0 Å². The SMILES string of the molecule is CCNC(=NCC(C)(O)c1cc(C)oc1C)NCCCOCc1ccco1.I. The molecule has 0 fully saturated rings. The number of aliphatic hydroxyl groups is 1. The Labute approximate surface area is 184 Å². The number of rotatable bonds is 10. The Bertz CT molecular complexity index is 711. The van der Waals surface area contributed by atoms with Crippen molar-refractivity contribution in [3.8, 4) is 0 Å². The van der Waals surface area contributed by atoms with Gasteiger partial charge in [-0.15, -0.1) is 24.0 Å². The molecule has 2 aromatic rings. The molecule has 3 N–H and O–H groups in total. The van der Waals surface area contributed by atoms with Gasteiger partial charge in [-0.2, -0.15) is 0 Å². The number of ether oxygens (including phenoxy) is 1. The Morgan fingerprint density at radius 3 is 2.71 bits per heavy atom. The second-order valence-corrected chi connectivity index (χ2v) is 6.71. The normalized spacial score (nSPS) is 13.7. The monoisotopic (exact) mass is 505 g/mol. The predicted octanol–water partition coefficient (Wildman–Crippen LogP) is 3.48. The van der Waals surface area contributed by atoms with Crippen LogP contribution in [0.4, 0.5) is 0 Å². The van der Waals surface area contributed by atoms with E-state index in [2.05, 4.69) is 15.6 Å². The first-order valence-corrected chi connectivity index (χ1v) is 9.34. The predicted molar refractivity (Wildman–Crippen MR) is 120 cm³/mol. The molecule has 0 aliphatic carbocycles. The van der Waals surface area contributed by atoms with E-state index < -0.39 is 5.60 Å². The summed E-state index contributed by atoms with van der Waals surface area (Å²) in [5, 5.41) is 17.2. The maximum Gasteiger partial charge on any atom is 0.191 e. The van der Waals surface area contributed by atoms with Crippen LogP contribution in [0.1, 0.15) is 43.1 Å². The van der Waals surface area contributed by atoms with Crippen LogP contribution in [0.5, 0.6) is 0 Å². The number of hydrogen-bond acceptors (Lipinski definition) is 5. The van der Waals surface area contributed by atoms with Crippen LogP contribution in [-0.2, 0) is 16.9 Å². The molecule has 0 amide bonds. The maximum atomic E-state index is 10.8.